The summed E-state index contributed by atoms with van der Waals surface area (Å²) in [7, 11) is 0. The van der Waals surface area contributed by atoms with Crippen LogP contribution in [0, 0.1) is 13.8 Å². The lowest BCUT2D eigenvalue weighted by atomic mass is 10.1. The number of aryl methyl sites for hydroxylation is 3. The number of ether oxygens (including phenoxy) is 1. The van der Waals surface area contributed by atoms with Gasteiger partial charge in [0.2, 0.25) is 0 Å². The smallest absolute Gasteiger partial charge is 0.266 e. The predicted molar refractivity (Wildman–Crippen MR) is 89.8 cm³/mol. The molecule has 1 atom stereocenters. The lowest BCUT2D eigenvalue weighted by molar-refractivity contribution is -0.122. The Morgan fingerprint density at radius 3 is 3.00 bits per heavy atom. The number of nitrogens with zero attached hydrogens (tertiary/aromatic N) is 2. The first-order valence-electron chi connectivity index (χ1n) is 8.14. The number of fused-ring (bicyclic) bond motifs is 1. The summed E-state index contributed by atoms with van der Waals surface area (Å²) in [6, 6.07) is 5.99. The fourth-order valence-corrected chi connectivity index (χ4v) is 2.82. The molecule has 1 aliphatic rings. The van der Waals surface area contributed by atoms with Crippen molar-refractivity contribution in [3.63, 3.8) is 0 Å². The summed E-state index contributed by atoms with van der Waals surface area (Å²) in [5.74, 6) is 2.41. The fraction of sp³-hybridized carbons (Fsp3) is 0.444. The van der Waals surface area contributed by atoms with Crippen LogP contribution >= 0.6 is 0 Å². The van der Waals surface area contributed by atoms with E-state index < -0.39 is 6.10 Å². The molecule has 3 rings (SSSR count). The molecule has 2 heterocycles. The maximum absolute atomic E-state index is 12.4. The first-order chi connectivity index (χ1) is 11.0. The fourth-order valence-electron chi connectivity index (χ4n) is 2.82. The van der Waals surface area contributed by atoms with Crippen LogP contribution in [0.15, 0.2) is 24.4 Å². The summed E-state index contributed by atoms with van der Waals surface area (Å²) in [5, 5.41) is 2.94. The van der Waals surface area contributed by atoms with Crippen molar-refractivity contribution in [3.05, 3.63) is 41.3 Å². The third kappa shape index (κ3) is 3.38. The van der Waals surface area contributed by atoms with E-state index in [0.29, 0.717) is 0 Å². The highest BCUT2D eigenvalue weighted by atomic mass is 16.5. The van der Waals surface area contributed by atoms with E-state index in [-0.39, 0.29) is 5.91 Å². The van der Waals surface area contributed by atoms with Gasteiger partial charge < -0.3 is 14.6 Å². The number of imidazole rings is 1. The van der Waals surface area contributed by atoms with E-state index in [2.05, 4.69) is 14.9 Å². The molecule has 0 aliphatic carbocycles. The number of rotatable bonds is 4. The van der Waals surface area contributed by atoms with Crippen molar-refractivity contribution in [3.8, 4) is 5.75 Å². The summed E-state index contributed by atoms with van der Waals surface area (Å²) in [6.07, 6.45) is 4.44. The van der Waals surface area contributed by atoms with Gasteiger partial charge in [-0.1, -0.05) is 12.1 Å². The Kier molecular flexibility index (Phi) is 4.37. The van der Waals surface area contributed by atoms with Crippen LogP contribution in [0.2, 0.25) is 0 Å². The molecule has 1 amide bonds. The Morgan fingerprint density at radius 1 is 1.35 bits per heavy atom. The summed E-state index contributed by atoms with van der Waals surface area (Å²) in [5.41, 5.74) is 2.14. The second-order valence-corrected chi connectivity index (χ2v) is 6.19. The van der Waals surface area contributed by atoms with Gasteiger partial charge in [-0.15, -0.1) is 0 Å². The van der Waals surface area contributed by atoms with Gasteiger partial charge in [-0.2, -0.15) is 0 Å². The molecule has 5 heteroatoms. The molecule has 1 aromatic carbocycles. The van der Waals surface area contributed by atoms with Gasteiger partial charge in [0.05, 0.1) is 6.20 Å². The zero-order chi connectivity index (χ0) is 16.4. The molecular weight excluding hydrogens is 290 g/mol. The van der Waals surface area contributed by atoms with Crippen molar-refractivity contribution in [2.24, 2.45) is 0 Å². The van der Waals surface area contributed by atoms with Crippen molar-refractivity contribution in [2.45, 2.75) is 52.7 Å². The van der Waals surface area contributed by atoms with Crippen LogP contribution in [-0.2, 0) is 17.8 Å². The zero-order valence-corrected chi connectivity index (χ0v) is 13.9. The first kappa shape index (κ1) is 15.6. The number of carbonyl (C=O) groups is 1. The van der Waals surface area contributed by atoms with Gasteiger partial charge in [-0.3, -0.25) is 4.79 Å². The normalized spacial score (nSPS) is 14.9. The Balaban J connectivity index is 1.68. The number of carbonyl (C=O) groups excluding carboxylic acids is 1. The van der Waals surface area contributed by atoms with Crippen LogP contribution in [-0.4, -0.2) is 21.6 Å². The van der Waals surface area contributed by atoms with E-state index in [4.69, 9.17) is 4.74 Å². The zero-order valence-electron chi connectivity index (χ0n) is 13.9. The van der Waals surface area contributed by atoms with E-state index in [1.807, 2.05) is 32.0 Å². The number of benzene rings is 1. The quantitative estimate of drug-likeness (QED) is 0.942. The molecule has 2 aromatic rings. The molecular formula is C18H23N3O2. The summed E-state index contributed by atoms with van der Waals surface area (Å²) in [4.78, 5) is 16.8. The maximum atomic E-state index is 12.4. The minimum atomic E-state index is -0.565. The van der Waals surface area contributed by atoms with Gasteiger partial charge in [0, 0.05) is 13.0 Å². The van der Waals surface area contributed by atoms with Crippen LogP contribution in [0.5, 0.6) is 5.75 Å². The molecule has 1 aromatic heterocycles. The van der Waals surface area contributed by atoms with Crippen molar-refractivity contribution >= 4 is 11.7 Å². The average molecular weight is 313 g/mol. The molecule has 0 saturated carbocycles. The minimum absolute atomic E-state index is 0.154. The van der Waals surface area contributed by atoms with Crippen molar-refractivity contribution in [1.82, 2.24) is 9.55 Å². The molecule has 5 nitrogen and oxygen atoms in total. The number of nitrogens with one attached hydrogen (secondary N) is 1. The third-order valence-corrected chi connectivity index (χ3v) is 4.24. The summed E-state index contributed by atoms with van der Waals surface area (Å²) < 4.78 is 7.93. The van der Waals surface area contributed by atoms with E-state index in [1.54, 1.807) is 13.1 Å². The second-order valence-electron chi connectivity index (χ2n) is 6.19. The number of hydrogen-bond acceptors (Lipinski definition) is 3. The molecule has 1 aliphatic heterocycles. The van der Waals surface area contributed by atoms with Crippen molar-refractivity contribution < 1.29 is 9.53 Å². The van der Waals surface area contributed by atoms with Gasteiger partial charge in [0.25, 0.3) is 5.91 Å². The predicted octanol–water partition coefficient (Wildman–Crippen LogP) is 3.24. The molecule has 23 heavy (non-hydrogen) atoms. The van der Waals surface area contributed by atoms with E-state index in [9.17, 15) is 4.79 Å². The SMILES string of the molecule is Cc1ccc(C)c(O[C@@H](C)C(=O)Nc2cnc3n2CCCC3)c1. The van der Waals surface area contributed by atoms with Crippen molar-refractivity contribution in [2.75, 3.05) is 5.32 Å². The van der Waals surface area contributed by atoms with Crippen LogP contribution in [0.25, 0.3) is 0 Å². The third-order valence-electron chi connectivity index (χ3n) is 4.24. The highest BCUT2D eigenvalue weighted by Crippen LogP contribution is 2.22. The van der Waals surface area contributed by atoms with Crippen LogP contribution in [0.4, 0.5) is 5.82 Å². The molecule has 0 spiro atoms. The second kappa shape index (κ2) is 6.44. The number of anilines is 1. The van der Waals surface area contributed by atoms with E-state index in [0.717, 1.165) is 54.3 Å². The molecule has 1 N–H and O–H groups in total. The molecule has 0 unspecified atom stereocenters. The Bertz CT molecular complexity index is 721. The molecule has 0 fully saturated rings. The van der Waals surface area contributed by atoms with Crippen LogP contribution in [0.1, 0.15) is 36.7 Å². The number of hydrogen-bond donors (Lipinski definition) is 1. The monoisotopic (exact) mass is 313 g/mol. The Labute approximate surface area is 136 Å². The average Bonchev–Trinajstić information content (AvgIpc) is 2.94. The summed E-state index contributed by atoms with van der Waals surface area (Å²) >= 11 is 0. The highest BCUT2D eigenvalue weighted by Gasteiger charge is 2.20. The molecule has 0 bridgehead atoms. The topological polar surface area (TPSA) is 56.1 Å². The number of aromatic nitrogens is 2. The summed E-state index contributed by atoms with van der Waals surface area (Å²) in [6.45, 7) is 6.67. The number of amides is 1. The van der Waals surface area contributed by atoms with E-state index >= 15 is 0 Å². The standard InChI is InChI=1S/C18H23N3O2/c1-12-7-8-13(2)15(10-12)23-14(3)18(22)20-17-11-19-16-6-4-5-9-21(16)17/h7-8,10-11,14H,4-6,9H2,1-3H3,(H,20,22)/t14-/m0/s1. The lowest BCUT2D eigenvalue weighted by Crippen LogP contribution is -2.31. The van der Waals surface area contributed by atoms with Gasteiger partial charge in [0.1, 0.15) is 17.4 Å². The Hall–Kier alpha value is -2.30. The van der Waals surface area contributed by atoms with Crippen molar-refractivity contribution in [1.29, 1.82) is 0 Å². The van der Waals surface area contributed by atoms with Gasteiger partial charge in [-0.05, 0) is 50.8 Å². The maximum Gasteiger partial charge on any atom is 0.266 e. The van der Waals surface area contributed by atoms with Crippen LogP contribution < -0.4 is 10.1 Å². The highest BCUT2D eigenvalue weighted by molar-refractivity contribution is 5.93. The first-order valence-corrected chi connectivity index (χ1v) is 8.14. The van der Waals surface area contributed by atoms with Gasteiger partial charge in [0.15, 0.2) is 6.10 Å². The van der Waals surface area contributed by atoms with E-state index in [1.165, 1.54) is 0 Å². The Morgan fingerprint density at radius 2 is 2.17 bits per heavy atom. The lowest BCUT2D eigenvalue weighted by Gasteiger charge is -2.19. The van der Waals surface area contributed by atoms with Gasteiger partial charge in [-0.25, -0.2) is 4.98 Å². The molecule has 0 radical (unpaired) electrons. The largest absolute Gasteiger partial charge is 0.481 e. The minimum Gasteiger partial charge on any atom is -0.481 e. The van der Waals surface area contributed by atoms with Gasteiger partial charge >= 0.3 is 0 Å². The molecule has 0 saturated heterocycles. The van der Waals surface area contributed by atoms with Crippen LogP contribution in [0.3, 0.4) is 0 Å². The molecule has 122 valence electrons.